The van der Waals surface area contributed by atoms with Gasteiger partial charge in [0.05, 0.1) is 9.79 Å². The van der Waals surface area contributed by atoms with Crippen LogP contribution in [0.2, 0.25) is 0 Å². The van der Waals surface area contributed by atoms with Crippen molar-refractivity contribution in [2.24, 2.45) is 23.7 Å². The zero-order valence-corrected chi connectivity index (χ0v) is 21.1. The molecule has 2 aromatic rings. The van der Waals surface area contributed by atoms with Gasteiger partial charge in [0.15, 0.2) is 0 Å². The summed E-state index contributed by atoms with van der Waals surface area (Å²) in [5, 5.41) is 0. The molecule has 2 aromatic carbocycles. The smallest absolute Gasteiger partial charge is 0.207 e. The second kappa shape index (κ2) is 8.16. The lowest BCUT2D eigenvalue weighted by Crippen LogP contribution is -2.36. The van der Waals surface area contributed by atoms with E-state index in [1.165, 1.54) is 0 Å². The summed E-state index contributed by atoms with van der Waals surface area (Å²) in [6.45, 7) is 13.8. The van der Waals surface area contributed by atoms with E-state index in [9.17, 15) is 16.8 Å². The van der Waals surface area contributed by atoms with Crippen LogP contribution in [0.25, 0.3) is 0 Å². The van der Waals surface area contributed by atoms with Crippen LogP contribution in [0.3, 0.4) is 0 Å². The molecule has 8 heteroatoms. The first-order valence-electron chi connectivity index (χ1n) is 11.5. The Balaban J connectivity index is 1.43. The number of aryl methyl sites for hydroxylation is 2. The molecule has 0 spiro atoms. The van der Waals surface area contributed by atoms with E-state index in [0.717, 1.165) is 22.3 Å². The minimum atomic E-state index is -3.64. The summed E-state index contributed by atoms with van der Waals surface area (Å²) in [7, 11) is -7.28. The SMILES string of the molecule is C=C1C(=C)[C@@H]2CN(S(=O)(=O)c3ccc(C)cc3)C[C@H]2[C@@H]2CN(S(=O)(=O)c3ccc(C)cc3)C[C@H]12. The minimum absolute atomic E-state index is 0.0152. The molecule has 1 aliphatic carbocycles. The normalized spacial score (nSPS) is 28.2. The second-order valence-electron chi connectivity index (χ2n) is 9.86. The molecule has 0 bridgehead atoms. The van der Waals surface area contributed by atoms with E-state index < -0.39 is 20.0 Å². The van der Waals surface area contributed by atoms with Crippen molar-refractivity contribution >= 4 is 20.0 Å². The van der Waals surface area contributed by atoms with Gasteiger partial charge in [-0.25, -0.2) is 16.8 Å². The number of nitrogens with zero attached hydrogens (tertiary/aromatic N) is 2. The molecule has 6 nitrogen and oxygen atoms in total. The summed E-state index contributed by atoms with van der Waals surface area (Å²) < 4.78 is 56.6. The fourth-order valence-corrected chi connectivity index (χ4v) is 8.78. The Labute approximate surface area is 202 Å². The van der Waals surface area contributed by atoms with E-state index in [2.05, 4.69) is 13.2 Å². The van der Waals surface area contributed by atoms with Gasteiger partial charge in [-0.3, -0.25) is 0 Å². The molecule has 0 unspecified atom stereocenters. The third-order valence-corrected chi connectivity index (χ3v) is 11.5. The van der Waals surface area contributed by atoms with Crippen molar-refractivity contribution in [1.29, 1.82) is 0 Å². The lowest BCUT2D eigenvalue weighted by atomic mass is 9.65. The third-order valence-electron chi connectivity index (χ3n) is 7.84. The van der Waals surface area contributed by atoms with Gasteiger partial charge in [0, 0.05) is 38.0 Å². The molecule has 0 radical (unpaired) electrons. The molecule has 3 fully saturated rings. The highest BCUT2D eigenvalue weighted by Crippen LogP contribution is 2.52. The number of fused-ring (bicyclic) bond motifs is 3. The molecule has 0 amide bonds. The van der Waals surface area contributed by atoms with Crippen LogP contribution in [-0.2, 0) is 20.0 Å². The number of sulfonamides is 2. The van der Waals surface area contributed by atoms with Gasteiger partial charge in [-0.2, -0.15) is 8.61 Å². The van der Waals surface area contributed by atoms with Gasteiger partial charge in [0.2, 0.25) is 20.0 Å². The molecule has 2 aliphatic heterocycles. The van der Waals surface area contributed by atoms with Crippen LogP contribution >= 0.6 is 0 Å². The molecular weight excluding hydrogens is 468 g/mol. The minimum Gasteiger partial charge on any atom is -0.207 e. The van der Waals surface area contributed by atoms with Gasteiger partial charge in [-0.1, -0.05) is 48.6 Å². The fourth-order valence-electron chi connectivity index (χ4n) is 5.78. The Morgan fingerprint density at radius 2 is 0.941 bits per heavy atom. The van der Waals surface area contributed by atoms with Crippen LogP contribution in [0.1, 0.15) is 11.1 Å². The lowest BCUT2D eigenvalue weighted by Gasteiger charge is -2.38. The van der Waals surface area contributed by atoms with Gasteiger partial charge in [0.25, 0.3) is 0 Å². The Kier molecular flexibility index (Phi) is 5.63. The van der Waals surface area contributed by atoms with Crippen LogP contribution in [0, 0.1) is 37.5 Å². The van der Waals surface area contributed by atoms with Crippen molar-refractivity contribution in [2.75, 3.05) is 26.2 Å². The molecule has 34 heavy (non-hydrogen) atoms. The highest BCUT2D eigenvalue weighted by molar-refractivity contribution is 7.89. The highest BCUT2D eigenvalue weighted by Gasteiger charge is 2.54. The molecule has 2 heterocycles. The maximum atomic E-state index is 13.4. The van der Waals surface area contributed by atoms with E-state index >= 15 is 0 Å². The summed E-state index contributed by atoms with van der Waals surface area (Å²) in [6, 6.07) is 13.8. The van der Waals surface area contributed by atoms with E-state index in [1.54, 1.807) is 57.1 Å². The lowest BCUT2D eigenvalue weighted by molar-refractivity contribution is 0.251. The van der Waals surface area contributed by atoms with Crippen molar-refractivity contribution in [3.63, 3.8) is 0 Å². The fraction of sp³-hybridized carbons (Fsp3) is 0.385. The van der Waals surface area contributed by atoms with Gasteiger partial charge >= 0.3 is 0 Å². The largest absolute Gasteiger partial charge is 0.243 e. The maximum absolute atomic E-state index is 13.4. The first-order chi connectivity index (χ1) is 16.0. The monoisotopic (exact) mass is 498 g/mol. The first kappa shape index (κ1) is 23.5. The number of hydrogen-bond acceptors (Lipinski definition) is 4. The summed E-state index contributed by atoms with van der Waals surface area (Å²) in [5.74, 6) is -0.0603. The standard InChI is InChI=1S/C26H30N2O4S2/c1-17-5-9-21(10-6-17)33(29,30)27-13-23-19(3)20(4)24-14-28(16-26(24)25(23)15-27)34(31,32)22-11-7-18(2)8-12-22/h5-12,23-26H,3-4,13-16H2,1-2H3/t23-,24+,25-,26-/m1/s1. The summed E-state index contributed by atoms with van der Waals surface area (Å²) >= 11 is 0. The molecule has 3 aliphatic rings. The Hall–Kier alpha value is -2.26. The van der Waals surface area contributed by atoms with E-state index in [0.29, 0.717) is 26.2 Å². The van der Waals surface area contributed by atoms with Crippen LogP contribution in [-0.4, -0.2) is 51.6 Å². The van der Waals surface area contributed by atoms with Gasteiger partial charge < -0.3 is 0 Å². The maximum Gasteiger partial charge on any atom is 0.243 e. The Morgan fingerprint density at radius 3 is 1.26 bits per heavy atom. The highest BCUT2D eigenvalue weighted by atomic mass is 32.2. The number of benzene rings is 2. The van der Waals surface area contributed by atoms with E-state index in [-0.39, 0.29) is 33.5 Å². The average Bonchev–Trinajstić information content (AvgIpc) is 3.44. The Morgan fingerprint density at radius 1 is 0.618 bits per heavy atom. The molecule has 0 N–H and O–H groups in total. The third kappa shape index (κ3) is 3.68. The number of hydrogen-bond donors (Lipinski definition) is 0. The van der Waals surface area contributed by atoms with Crippen molar-refractivity contribution in [2.45, 2.75) is 23.6 Å². The number of rotatable bonds is 4. The van der Waals surface area contributed by atoms with E-state index in [1.807, 2.05) is 13.8 Å². The predicted octanol–water partition coefficient (Wildman–Crippen LogP) is 3.60. The van der Waals surface area contributed by atoms with Crippen LogP contribution in [0.5, 0.6) is 0 Å². The van der Waals surface area contributed by atoms with Crippen molar-refractivity contribution in [3.8, 4) is 0 Å². The average molecular weight is 499 g/mol. The quantitative estimate of drug-likeness (QED) is 0.646. The molecule has 0 aromatic heterocycles. The molecular formula is C26H30N2O4S2. The van der Waals surface area contributed by atoms with Gasteiger partial charge in [-0.05, 0) is 61.1 Å². The first-order valence-corrected chi connectivity index (χ1v) is 14.4. The second-order valence-corrected chi connectivity index (χ2v) is 13.7. The molecule has 2 saturated heterocycles. The zero-order valence-electron chi connectivity index (χ0n) is 19.5. The van der Waals surface area contributed by atoms with Crippen molar-refractivity contribution < 1.29 is 16.8 Å². The van der Waals surface area contributed by atoms with E-state index in [4.69, 9.17) is 0 Å². The van der Waals surface area contributed by atoms with Crippen LogP contribution in [0.15, 0.2) is 82.6 Å². The van der Waals surface area contributed by atoms with Gasteiger partial charge in [-0.15, -0.1) is 0 Å². The van der Waals surface area contributed by atoms with Crippen LogP contribution in [0.4, 0.5) is 0 Å². The molecule has 5 rings (SSSR count). The predicted molar refractivity (Wildman–Crippen MR) is 132 cm³/mol. The van der Waals surface area contributed by atoms with Crippen molar-refractivity contribution in [1.82, 2.24) is 8.61 Å². The topological polar surface area (TPSA) is 74.8 Å². The van der Waals surface area contributed by atoms with Crippen LogP contribution < -0.4 is 0 Å². The summed E-state index contributed by atoms with van der Waals surface area (Å²) in [4.78, 5) is 0.570. The van der Waals surface area contributed by atoms with Gasteiger partial charge in [0.1, 0.15) is 0 Å². The molecule has 1 saturated carbocycles. The summed E-state index contributed by atoms with van der Waals surface area (Å²) in [6.07, 6.45) is 0. The zero-order chi connectivity index (χ0) is 24.4. The van der Waals surface area contributed by atoms with Crippen molar-refractivity contribution in [3.05, 3.63) is 84.0 Å². The summed E-state index contributed by atoms with van der Waals surface area (Å²) in [5.41, 5.74) is 3.73. The molecule has 4 atom stereocenters. The molecule has 180 valence electrons. The Bertz CT molecular complexity index is 1260.